The van der Waals surface area contributed by atoms with Crippen molar-refractivity contribution in [2.24, 2.45) is 0 Å². The summed E-state index contributed by atoms with van der Waals surface area (Å²) in [6.07, 6.45) is 0. The Morgan fingerprint density at radius 1 is 0.875 bits per heavy atom. The Kier molecular flexibility index (Phi) is 3.54. The van der Waals surface area contributed by atoms with Crippen molar-refractivity contribution in [2.45, 2.75) is 13.5 Å². The lowest BCUT2D eigenvalue weighted by molar-refractivity contribution is 0.303. The highest BCUT2D eigenvalue weighted by Crippen LogP contribution is 2.29. The van der Waals surface area contributed by atoms with Crippen molar-refractivity contribution in [1.29, 1.82) is 0 Å². The lowest BCUT2D eigenvalue weighted by atomic mass is 9.97. The van der Waals surface area contributed by atoms with E-state index in [0.29, 0.717) is 18.1 Å². The van der Waals surface area contributed by atoms with Crippen molar-refractivity contribution >= 4 is 21.5 Å². The molecule has 0 bridgehead atoms. The molecule has 0 aliphatic heterocycles. The Bertz CT molecular complexity index is 1040. The van der Waals surface area contributed by atoms with Crippen LogP contribution in [0.25, 0.3) is 21.5 Å². The summed E-state index contributed by atoms with van der Waals surface area (Å²) in [5.74, 6) is 1.07. The molecule has 0 aliphatic carbocycles. The topological polar surface area (TPSA) is 39.4 Å². The molecule has 4 aromatic rings. The molecule has 0 saturated carbocycles. The average Bonchev–Trinajstić information content (AvgIpc) is 2.58. The summed E-state index contributed by atoms with van der Waals surface area (Å²) >= 11 is 0. The first-order valence-electron chi connectivity index (χ1n) is 7.85. The van der Waals surface area contributed by atoms with Gasteiger partial charge in [0.05, 0.1) is 6.07 Å². The molecule has 24 heavy (non-hydrogen) atoms. The molecule has 4 rings (SSSR count). The number of fused-ring (bicyclic) bond motifs is 2. The fourth-order valence-electron chi connectivity index (χ4n) is 3.08. The minimum Gasteiger partial charge on any atom is -0.488 e. The molecule has 3 heteroatoms. The molecule has 0 radical (unpaired) electrons. The zero-order valence-electron chi connectivity index (χ0n) is 13.3. The molecule has 1 aromatic heterocycles. The summed E-state index contributed by atoms with van der Waals surface area (Å²) in [5, 5.41) is 4.68. The van der Waals surface area contributed by atoms with E-state index in [1.54, 1.807) is 13.0 Å². The first-order chi connectivity index (χ1) is 11.7. The number of hydrogen-bond acceptors (Lipinski definition) is 3. The van der Waals surface area contributed by atoms with E-state index >= 15 is 0 Å². The second-order valence-electron chi connectivity index (χ2n) is 5.81. The third kappa shape index (κ3) is 2.65. The van der Waals surface area contributed by atoms with Gasteiger partial charge in [0, 0.05) is 11.6 Å². The minimum absolute atomic E-state index is 0.394. The van der Waals surface area contributed by atoms with Crippen LogP contribution in [0.3, 0.4) is 0 Å². The van der Waals surface area contributed by atoms with Gasteiger partial charge in [0.25, 0.3) is 0 Å². The summed E-state index contributed by atoms with van der Waals surface area (Å²) in [6, 6.07) is 21.8. The molecule has 118 valence electrons. The summed E-state index contributed by atoms with van der Waals surface area (Å²) in [7, 11) is 0. The molecule has 0 unspecified atom stereocenters. The lowest BCUT2D eigenvalue weighted by Gasteiger charge is -2.13. The van der Waals surface area contributed by atoms with Crippen molar-refractivity contribution < 1.29 is 9.15 Å². The molecule has 0 amide bonds. The van der Waals surface area contributed by atoms with Crippen LogP contribution >= 0.6 is 0 Å². The van der Waals surface area contributed by atoms with Crippen molar-refractivity contribution in [2.75, 3.05) is 0 Å². The predicted octanol–water partition coefficient (Wildman–Crippen LogP) is 4.83. The van der Waals surface area contributed by atoms with E-state index in [1.807, 2.05) is 24.3 Å². The molecule has 1 heterocycles. The van der Waals surface area contributed by atoms with E-state index < -0.39 is 5.63 Å². The smallest absolute Gasteiger partial charge is 0.339 e. The third-order valence-electron chi connectivity index (χ3n) is 4.13. The zero-order valence-corrected chi connectivity index (χ0v) is 13.3. The normalized spacial score (nSPS) is 11.0. The minimum atomic E-state index is -0.396. The molecule has 0 saturated heterocycles. The molecule has 3 nitrogen and oxygen atoms in total. The lowest BCUT2D eigenvalue weighted by Crippen LogP contribution is -2.03. The van der Waals surface area contributed by atoms with E-state index in [1.165, 1.54) is 16.8 Å². The van der Waals surface area contributed by atoms with Crippen molar-refractivity contribution in [1.82, 2.24) is 0 Å². The van der Waals surface area contributed by atoms with Gasteiger partial charge in [-0.15, -0.1) is 0 Å². The highest BCUT2D eigenvalue weighted by Gasteiger charge is 2.09. The quantitative estimate of drug-likeness (QED) is 0.508. The van der Waals surface area contributed by atoms with Crippen LogP contribution in [-0.4, -0.2) is 0 Å². The molecule has 0 N–H and O–H groups in total. The van der Waals surface area contributed by atoms with Gasteiger partial charge < -0.3 is 9.15 Å². The summed E-state index contributed by atoms with van der Waals surface area (Å²) < 4.78 is 10.9. The highest BCUT2D eigenvalue weighted by molar-refractivity contribution is 6.02. The second-order valence-corrected chi connectivity index (χ2v) is 5.81. The number of rotatable bonds is 3. The van der Waals surface area contributed by atoms with Gasteiger partial charge in [0.15, 0.2) is 0 Å². The Morgan fingerprint density at radius 3 is 2.12 bits per heavy atom. The van der Waals surface area contributed by atoms with Gasteiger partial charge in [-0.2, -0.15) is 0 Å². The zero-order chi connectivity index (χ0) is 16.5. The molecule has 3 aromatic carbocycles. The second kappa shape index (κ2) is 5.85. The maximum atomic E-state index is 11.5. The maximum Gasteiger partial charge on any atom is 0.339 e. The number of aryl methyl sites for hydroxylation is 1. The fraction of sp³-hybridized carbons (Fsp3) is 0.0952. The van der Waals surface area contributed by atoms with Gasteiger partial charge in [0.1, 0.15) is 18.1 Å². The van der Waals surface area contributed by atoms with E-state index in [9.17, 15) is 4.79 Å². The van der Waals surface area contributed by atoms with Crippen LogP contribution in [-0.2, 0) is 6.61 Å². The SMILES string of the molecule is Cc1cc(OCc2c3ccccc3cc3ccccc23)cc(=O)o1. The van der Waals surface area contributed by atoms with Crippen LogP contribution in [0.5, 0.6) is 5.75 Å². The van der Waals surface area contributed by atoms with Gasteiger partial charge >= 0.3 is 5.63 Å². The molecule has 0 fully saturated rings. The Morgan fingerprint density at radius 2 is 1.50 bits per heavy atom. The number of hydrogen-bond donors (Lipinski definition) is 0. The van der Waals surface area contributed by atoms with Crippen molar-refractivity contribution in [3.63, 3.8) is 0 Å². The van der Waals surface area contributed by atoms with Crippen molar-refractivity contribution in [3.05, 3.63) is 88.5 Å². The fourth-order valence-corrected chi connectivity index (χ4v) is 3.08. The van der Waals surface area contributed by atoms with Gasteiger partial charge in [-0.1, -0.05) is 48.5 Å². The molecular weight excluding hydrogens is 300 g/mol. The third-order valence-corrected chi connectivity index (χ3v) is 4.13. The predicted molar refractivity (Wildman–Crippen MR) is 95.5 cm³/mol. The standard InChI is InChI=1S/C21H16O3/c1-14-10-17(12-21(22)24-14)23-13-20-18-8-4-2-6-15(18)11-16-7-3-5-9-19(16)20/h2-12H,13H2,1H3. The molecular formula is C21H16O3. The van der Waals surface area contributed by atoms with Crippen LogP contribution in [0.4, 0.5) is 0 Å². The molecule has 0 spiro atoms. The Balaban J connectivity index is 1.83. The highest BCUT2D eigenvalue weighted by atomic mass is 16.5. The van der Waals surface area contributed by atoms with E-state index in [4.69, 9.17) is 9.15 Å². The van der Waals surface area contributed by atoms with Crippen LogP contribution in [0, 0.1) is 6.92 Å². The molecule has 0 atom stereocenters. The van der Waals surface area contributed by atoms with Crippen LogP contribution < -0.4 is 10.4 Å². The molecule has 0 aliphatic rings. The van der Waals surface area contributed by atoms with Crippen LogP contribution in [0.15, 0.2) is 75.9 Å². The summed E-state index contributed by atoms with van der Waals surface area (Å²) in [5.41, 5.74) is 0.724. The Labute approximate surface area is 139 Å². The Hall–Kier alpha value is -3.07. The maximum absolute atomic E-state index is 11.5. The largest absolute Gasteiger partial charge is 0.488 e. The summed E-state index contributed by atoms with van der Waals surface area (Å²) in [6.45, 7) is 2.13. The first-order valence-corrected chi connectivity index (χ1v) is 7.85. The number of ether oxygens (including phenoxy) is 1. The van der Waals surface area contributed by atoms with Crippen LogP contribution in [0.1, 0.15) is 11.3 Å². The van der Waals surface area contributed by atoms with E-state index in [0.717, 1.165) is 16.3 Å². The van der Waals surface area contributed by atoms with Gasteiger partial charge in [0.2, 0.25) is 0 Å². The monoisotopic (exact) mass is 316 g/mol. The average molecular weight is 316 g/mol. The van der Waals surface area contributed by atoms with Crippen molar-refractivity contribution in [3.8, 4) is 5.75 Å². The number of benzene rings is 3. The first kappa shape index (κ1) is 14.5. The summed E-state index contributed by atoms with van der Waals surface area (Å²) in [4.78, 5) is 11.5. The van der Waals surface area contributed by atoms with Gasteiger partial charge in [-0.25, -0.2) is 4.79 Å². The van der Waals surface area contributed by atoms with Gasteiger partial charge in [-0.05, 0) is 34.5 Å². The van der Waals surface area contributed by atoms with E-state index in [2.05, 4.69) is 30.3 Å². The van der Waals surface area contributed by atoms with E-state index in [-0.39, 0.29) is 0 Å². The van der Waals surface area contributed by atoms with Crippen LogP contribution in [0.2, 0.25) is 0 Å². The van der Waals surface area contributed by atoms with Gasteiger partial charge in [-0.3, -0.25) is 0 Å².